The number of fused-ring (bicyclic) bond motifs is 2. The molecule has 1 atom stereocenters. The number of pyridine rings is 1. The largest absolute Gasteiger partial charge is 0.384 e. The molecule has 1 aromatic heterocycles. The average Bonchev–Trinajstić information content (AvgIpc) is 3.01. The van der Waals surface area contributed by atoms with Gasteiger partial charge in [-0.05, 0) is 34.4 Å². The van der Waals surface area contributed by atoms with Crippen LogP contribution in [0.2, 0.25) is 0 Å². The van der Waals surface area contributed by atoms with Crippen molar-refractivity contribution in [3.05, 3.63) is 77.0 Å². The molecule has 3 aromatic rings. The zero-order chi connectivity index (χ0) is 14.2. The minimum atomic E-state index is -0.637. The van der Waals surface area contributed by atoms with E-state index in [2.05, 4.69) is 4.98 Å². The fourth-order valence-electron chi connectivity index (χ4n) is 2.81. The van der Waals surface area contributed by atoms with Crippen molar-refractivity contribution >= 4 is 10.9 Å². The fraction of sp³-hybridized carbons (Fsp3) is 0.167. The molecule has 1 unspecified atom stereocenters. The molecular weight excluding hydrogens is 262 g/mol. The van der Waals surface area contributed by atoms with Gasteiger partial charge in [-0.15, -0.1) is 0 Å². The van der Waals surface area contributed by atoms with E-state index in [9.17, 15) is 5.11 Å². The molecule has 0 fully saturated rings. The Hall–Kier alpha value is -2.23. The number of ether oxygens (including phenoxy) is 1. The quantitative estimate of drug-likeness (QED) is 0.781. The Morgan fingerprint density at radius 2 is 1.76 bits per heavy atom. The molecule has 0 amide bonds. The van der Waals surface area contributed by atoms with Crippen molar-refractivity contribution in [1.82, 2.24) is 4.98 Å². The highest BCUT2D eigenvalue weighted by Gasteiger charge is 2.16. The zero-order valence-electron chi connectivity index (χ0n) is 11.5. The van der Waals surface area contributed by atoms with Gasteiger partial charge in [-0.3, -0.25) is 4.98 Å². The molecule has 0 saturated heterocycles. The molecule has 1 aliphatic rings. The normalized spacial score (nSPS) is 15.1. The number of aromatic nitrogens is 1. The van der Waals surface area contributed by atoms with E-state index >= 15 is 0 Å². The van der Waals surface area contributed by atoms with Gasteiger partial charge in [-0.2, -0.15) is 0 Å². The SMILES string of the molecule is OC(c1ccc2c(c1)COC2)c1ccc2cccnc2c1. The van der Waals surface area contributed by atoms with E-state index in [1.165, 1.54) is 11.1 Å². The predicted molar refractivity (Wildman–Crippen MR) is 80.7 cm³/mol. The van der Waals surface area contributed by atoms with Crippen LogP contribution in [0, 0.1) is 0 Å². The lowest BCUT2D eigenvalue weighted by molar-refractivity contribution is 0.134. The molecule has 104 valence electrons. The number of aliphatic hydroxyl groups excluding tert-OH is 1. The Balaban J connectivity index is 1.73. The highest BCUT2D eigenvalue weighted by atomic mass is 16.5. The molecule has 0 bridgehead atoms. The average molecular weight is 277 g/mol. The number of aliphatic hydroxyl groups is 1. The number of hydrogen-bond donors (Lipinski definition) is 1. The van der Waals surface area contributed by atoms with Crippen LogP contribution < -0.4 is 0 Å². The molecule has 0 aliphatic carbocycles. The Morgan fingerprint density at radius 3 is 2.71 bits per heavy atom. The van der Waals surface area contributed by atoms with Gasteiger partial charge in [-0.1, -0.05) is 36.4 Å². The summed E-state index contributed by atoms with van der Waals surface area (Å²) in [6, 6.07) is 15.9. The summed E-state index contributed by atoms with van der Waals surface area (Å²) in [5.74, 6) is 0. The first kappa shape index (κ1) is 12.5. The van der Waals surface area contributed by atoms with Crippen LogP contribution in [-0.4, -0.2) is 10.1 Å². The Morgan fingerprint density at radius 1 is 0.952 bits per heavy atom. The van der Waals surface area contributed by atoms with Gasteiger partial charge in [0.1, 0.15) is 6.10 Å². The third kappa shape index (κ3) is 2.20. The molecule has 0 saturated carbocycles. The van der Waals surface area contributed by atoms with Crippen LogP contribution in [0.1, 0.15) is 28.4 Å². The first-order chi connectivity index (χ1) is 10.3. The number of nitrogens with zero attached hydrogens (tertiary/aromatic N) is 1. The monoisotopic (exact) mass is 277 g/mol. The van der Waals surface area contributed by atoms with Crippen molar-refractivity contribution in [2.45, 2.75) is 19.3 Å². The molecule has 2 heterocycles. The van der Waals surface area contributed by atoms with Gasteiger partial charge >= 0.3 is 0 Å². The molecule has 21 heavy (non-hydrogen) atoms. The second-order valence-corrected chi connectivity index (χ2v) is 5.38. The summed E-state index contributed by atoms with van der Waals surface area (Å²) < 4.78 is 5.42. The summed E-state index contributed by atoms with van der Waals surface area (Å²) in [6.45, 7) is 1.31. The van der Waals surface area contributed by atoms with Crippen LogP contribution in [0.4, 0.5) is 0 Å². The highest BCUT2D eigenvalue weighted by Crippen LogP contribution is 2.28. The summed E-state index contributed by atoms with van der Waals surface area (Å²) in [5.41, 5.74) is 5.05. The van der Waals surface area contributed by atoms with E-state index in [-0.39, 0.29) is 0 Å². The number of benzene rings is 2. The smallest absolute Gasteiger partial charge is 0.104 e. The van der Waals surface area contributed by atoms with E-state index < -0.39 is 6.10 Å². The molecule has 1 aliphatic heterocycles. The van der Waals surface area contributed by atoms with Crippen molar-refractivity contribution in [1.29, 1.82) is 0 Å². The summed E-state index contributed by atoms with van der Waals surface area (Å²) in [7, 11) is 0. The minimum absolute atomic E-state index is 0.634. The van der Waals surface area contributed by atoms with Gasteiger partial charge in [0.05, 0.1) is 18.7 Å². The second kappa shape index (κ2) is 4.95. The van der Waals surface area contributed by atoms with Gasteiger partial charge < -0.3 is 9.84 Å². The van der Waals surface area contributed by atoms with E-state index in [0.29, 0.717) is 13.2 Å². The van der Waals surface area contributed by atoms with Crippen LogP contribution in [0.3, 0.4) is 0 Å². The molecular formula is C18H15NO2. The maximum absolute atomic E-state index is 10.6. The van der Waals surface area contributed by atoms with Gasteiger partial charge in [0, 0.05) is 11.6 Å². The van der Waals surface area contributed by atoms with E-state index in [4.69, 9.17) is 4.74 Å². The predicted octanol–water partition coefficient (Wildman–Crippen LogP) is 3.35. The summed E-state index contributed by atoms with van der Waals surface area (Å²) >= 11 is 0. The number of rotatable bonds is 2. The maximum Gasteiger partial charge on any atom is 0.104 e. The van der Waals surface area contributed by atoms with Crippen LogP contribution in [0.25, 0.3) is 10.9 Å². The van der Waals surface area contributed by atoms with Crippen LogP contribution >= 0.6 is 0 Å². The second-order valence-electron chi connectivity index (χ2n) is 5.38. The van der Waals surface area contributed by atoms with Crippen LogP contribution in [0.15, 0.2) is 54.7 Å². The molecule has 3 nitrogen and oxygen atoms in total. The molecule has 0 radical (unpaired) electrons. The molecule has 2 aromatic carbocycles. The molecule has 4 rings (SSSR count). The highest BCUT2D eigenvalue weighted by molar-refractivity contribution is 5.79. The first-order valence-corrected chi connectivity index (χ1v) is 7.03. The van der Waals surface area contributed by atoms with E-state index in [1.807, 2.05) is 48.5 Å². The summed E-state index contributed by atoms with van der Waals surface area (Å²) in [5, 5.41) is 11.7. The molecule has 1 N–H and O–H groups in total. The van der Waals surface area contributed by atoms with Gasteiger partial charge in [-0.25, -0.2) is 0 Å². The third-order valence-electron chi connectivity index (χ3n) is 4.01. The van der Waals surface area contributed by atoms with Crippen molar-refractivity contribution in [2.75, 3.05) is 0 Å². The van der Waals surface area contributed by atoms with Gasteiger partial charge in [0.25, 0.3) is 0 Å². The van der Waals surface area contributed by atoms with E-state index in [0.717, 1.165) is 22.0 Å². The van der Waals surface area contributed by atoms with Crippen molar-refractivity contribution in [2.24, 2.45) is 0 Å². The van der Waals surface area contributed by atoms with E-state index in [1.54, 1.807) is 6.20 Å². The summed E-state index contributed by atoms with van der Waals surface area (Å²) in [6.07, 6.45) is 1.13. The summed E-state index contributed by atoms with van der Waals surface area (Å²) in [4.78, 5) is 4.34. The third-order valence-corrected chi connectivity index (χ3v) is 4.01. The van der Waals surface area contributed by atoms with Crippen molar-refractivity contribution in [3.63, 3.8) is 0 Å². The van der Waals surface area contributed by atoms with Gasteiger partial charge in [0.2, 0.25) is 0 Å². The standard InChI is InChI=1S/C18H15NO2/c20-18(13-5-6-15-10-21-11-16(15)8-13)14-4-3-12-2-1-7-19-17(12)9-14/h1-9,18,20H,10-11H2. The Bertz CT molecular complexity index is 813. The molecule has 3 heteroatoms. The van der Waals surface area contributed by atoms with Crippen molar-refractivity contribution < 1.29 is 9.84 Å². The van der Waals surface area contributed by atoms with Crippen LogP contribution in [0.5, 0.6) is 0 Å². The topological polar surface area (TPSA) is 42.4 Å². The van der Waals surface area contributed by atoms with Crippen molar-refractivity contribution in [3.8, 4) is 0 Å². The van der Waals surface area contributed by atoms with Crippen LogP contribution in [-0.2, 0) is 18.0 Å². The first-order valence-electron chi connectivity index (χ1n) is 7.03. The lowest BCUT2D eigenvalue weighted by Gasteiger charge is -2.13. The maximum atomic E-state index is 10.6. The lowest BCUT2D eigenvalue weighted by Crippen LogP contribution is -2.01. The Kier molecular flexibility index (Phi) is 2.95. The zero-order valence-corrected chi connectivity index (χ0v) is 11.5. The van der Waals surface area contributed by atoms with Gasteiger partial charge in [0.15, 0.2) is 0 Å². The molecule has 0 spiro atoms. The Labute approximate surface area is 122 Å². The lowest BCUT2D eigenvalue weighted by atomic mass is 9.97. The fourth-order valence-corrected chi connectivity index (χ4v) is 2.81. The minimum Gasteiger partial charge on any atom is -0.384 e. The number of hydrogen-bond acceptors (Lipinski definition) is 3.